The largest absolute Gasteiger partial charge is 0.493 e. The highest BCUT2D eigenvalue weighted by molar-refractivity contribution is 5.98. The first-order chi connectivity index (χ1) is 6.88. The normalized spacial score (nSPS) is 14.0. The molecule has 0 atom stereocenters. The quantitative estimate of drug-likeness (QED) is 0.693. The molecule has 0 unspecified atom stereocenters. The Morgan fingerprint density at radius 1 is 1.43 bits per heavy atom. The van der Waals surface area contributed by atoms with E-state index in [1.165, 1.54) is 5.56 Å². The van der Waals surface area contributed by atoms with Crippen LogP contribution in [0.5, 0.6) is 5.75 Å². The second kappa shape index (κ2) is 2.61. The lowest BCUT2D eigenvalue weighted by Crippen LogP contribution is -1.85. The summed E-state index contributed by atoms with van der Waals surface area (Å²) in [4.78, 5) is 13.8. The topological polar surface area (TPSA) is 42.1 Å². The van der Waals surface area contributed by atoms with E-state index < -0.39 is 0 Å². The third-order valence-electron chi connectivity index (χ3n) is 2.65. The Balaban J connectivity index is 2.35. The van der Waals surface area contributed by atoms with Crippen LogP contribution in [0.25, 0.3) is 10.9 Å². The van der Waals surface area contributed by atoms with Crippen LogP contribution in [0.3, 0.4) is 0 Å². The average molecular weight is 187 g/mol. The van der Waals surface area contributed by atoms with Crippen molar-refractivity contribution >= 4 is 17.2 Å². The van der Waals surface area contributed by atoms with Gasteiger partial charge in [0.05, 0.1) is 6.61 Å². The van der Waals surface area contributed by atoms with Crippen LogP contribution in [0.1, 0.15) is 15.9 Å². The zero-order valence-electron chi connectivity index (χ0n) is 7.54. The van der Waals surface area contributed by atoms with Crippen molar-refractivity contribution in [3.63, 3.8) is 0 Å². The number of carbonyl (C=O) groups is 1. The zero-order valence-corrected chi connectivity index (χ0v) is 7.54. The minimum absolute atomic E-state index is 0.717. The van der Waals surface area contributed by atoms with Gasteiger partial charge >= 0.3 is 0 Å². The van der Waals surface area contributed by atoms with Crippen molar-refractivity contribution in [2.45, 2.75) is 6.42 Å². The summed E-state index contributed by atoms with van der Waals surface area (Å²) in [5, 5.41) is 0.990. The average Bonchev–Trinajstić information content (AvgIpc) is 2.78. The lowest BCUT2D eigenvalue weighted by molar-refractivity contribution is 0.112. The molecule has 70 valence electrons. The summed E-state index contributed by atoms with van der Waals surface area (Å²) in [7, 11) is 0. The Morgan fingerprint density at radius 3 is 3.21 bits per heavy atom. The molecule has 0 saturated carbocycles. The predicted octanol–water partition coefficient (Wildman–Crippen LogP) is 1.92. The third-order valence-corrected chi connectivity index (χ3v) is 2.65. The van der Waals surface area contributed by atoms with Gasteiger partial charge in [-0.25, -0.2) is 0 Å². The molecule has 1 aliphatic rings. The Morgan fingerprint density at radius 2 is 2.36 bits per heavy atom. The van der Waals surface area contributed by atoms with Gasteiger partial charge in [-0.1, -0.05) is 0 Å². The van der Waals surface area contributed by atoms with Crippen LogP contribution in [-0.2, 0) is 6.42 Å². The maximum absolute atomic E-state index is 10.7. The number of ether oxygens (including phenoxy) is 1. The number of aldehydes is 1. The molecule has 0 aliphatic carbocycles. The fraction of sp³-hybridized carbons (Fsp3) is 0.182. The molecule has 14 heavy (non-hydrogen) atoms. The predicted molar refractivity (Wildman–Crippen MR) is 52.9 cm³/mol. The van der Waals surface area contributed by atoms with E-state index in [0.717, 1.165) is 41.5 Å². The highest BCUT2D eigenvalue weighted by atomic mass is 16.5. The van der Waals surface area contributed by atoms with E-state index in [-0.39, 0.29) is 0 Å². The molecular weight excluding hydrogens is 178 g/mol. The van der Waals surface area contributed by atoms with Gasteiger partial charge in [0.15, 0.2) is 6.29 Å². The van der Waals surface area contributed by atoms with E-state index in [9.17, 15) is 4.79 Å². The minimum Gasteiger partial charge on any atom is -0.493 e. The van der Waals surface area contributed by atoms with Gasteiger partial charge in [0, 0.05) is 35.2 Å². The Labute approximate surface area is 80.7 Å². The monoisotopic (exact) mass is 187 g/mol. The number of H-pyrrole nitrogens is 1. The van der Waals surface area contributed by atoms with E-state index in [1.807, 2.05) is 12.1 Å². The Kier molecular flexibility index (Phi) is 1.42. The lowest BCUT2D eigenvalue weighted by Gasteiger charge is -1.98. The summed E-state index contributed by atoms with van der Waals surface area (Å²) >= 11 is 0. The van der Waals surface area contributed by atoms with Crippen molar-refractivity contribution in [2.75, 3.05) is 6.61 Å². The van der Waals surface area contributed by atoms with Crippen LogP contribution >= 0.6 is 0 Å². The van der Waals surface area contributed by atoms with E-state index in [4.69, 9.17) is 4.74 Å². The van der Waals surface area contributed by atoms with Gasteiger partial charge in [-0.2, -0.15) is 0 Å². The van der Waals surface area contributed by atoms with Crippen LogP contribution in [0.4, 0.5) is 0 Å². The van der Waals surface area contributed by atoms with Crippen molar-refractivity contribution in [3.05, 3.63) is 29.5 Å². The number of hydrogen-bond donors (Lipinski definition) is 1. The van der Waals surface area contributed by atoms with Gasteiger partial charge in [0.2, 0.25) is 0 Å². The number of hydrogen-bond acceptors (Lipinski definition) is 2. The number of rotatable bonds is 1. The van der Waals surface area contributed by atoms with E-state index in [0.29, 0.717) is 0 Å². The number of carbonyl (C=O) groups excluding carboxylic acids is 1. The number of benzene rings is 1. The van der Waals surface area contributed by atoms with Crippen molar-refractivity contribution in [2.24, 2.45) is 0 Å². The summed E-state index contributed by atoms with van der Waals surface area (Å²) < 4.78 is 5.44. The second-order valence-electron chi connectivity index (χ2n) is 3.47. The molecule has 0 radical (unpaired) electrons. The molecule has 3 nitrogen and oxygen atoms in total. The molecule has 0 fully saturated rings. The van der Waals surface area contributed by atoms with Gasteiger partial charge in [0.1, 0.15) is 5.75 Å². The molecule has 0 amide bonds. The molecule has 1 aromatic carbocycles. The maximum Gasteiger partial charge on any atom is 0.152 e. The van der Waals surface area contributed by atoms with Crippen LogP contribution < -0.4 is 4.74 Å². The number of nitrogens with one attached hydrogen (secondary N) is 1. The molecular formula is C11H9NO2. The third kappa shape index (κ3) is 0.894. The van der Waals surface area contributed by atoms with Crippen LogP contribution in [0.2, 0.25) is 0 Å². The van der Waals surface area contributed by atoms with Crippen molar-refractivity contribution in [1.29, 1.82) is 0 Å². The highest BCUT2D eigenvalue weighted by Crippen LogP contribution is 2.30. The summed E-state index contributed by atoms with van der Waals surface area (Å²) in [6, 6.07) is 4.00. The van der Waals surface area contributed by atoms with E-state index in [2.05, 4.69) is 4.98 Å². The summed E-state index contributed by atoms with van der Waals surface area (Å²) in [5.41, 5.74) is 2.88. The molecule has 1 aliphatic heterocycles. The molecule has 2 heterocycles. The molecule has 2 aromatic rings. The van der Waals surface area contributed by atoms with Crippen molar-refractivity contribution in [3.8, 4) is 5.75 Å². The minimum atomic E-state index is 0.717. The number of aromatic nitrogens is 1. The first-order valence-electron chi connectivity index (χ1n) is 4.60. The highest BCUT2D eigenvalue weighted by Gasteiger charge is 2.14. The van der Waals surface area contributed by atoms with Crippen molar-refractivity contribution in [1.82, 2.24) is 4.98 Å². The SMILES string of the molecule is O=Cc1c[nH]c2cc3c(cc12)CCO3. The molecule has 1 N–H and O–H groups in total. The standard InChI is InChI=1S/C11H9NO2/c13-6-8-5-12-10-4-11-7(1-2-14-11)3-9(8)10/h3-6,12H,1-2H2. The Bertz CT molecular complexity index is 513. The van der Waals surface area contributed by atoms with Gasteiger partial charge in [-0.3, -0.25) is 4.79 Å². The summed E-state index contributed by atoms with van der Waals surface area (Å²) in [6.45, 7) is 0.748. The van der Waals surface area contributed by atoms with Crippen molar-refractivity contribution < 1.29 is 9.53 Å². The van der Waals surface area contributed by atoms with Gasteiger partial charge in [0.25, 0.3) is 0 Å². The van der Waals surface area contributed by atoms with Gasteiger partial charge < -0.3 is 9.72 Å². The van der Waals surface area contributed by atoms with Crippen LogP contribution in [-0.4, -0.2) is 17.9 Å². The molecule has 0 bridgehead atoms. The first-order valence-corrected chi connectivity index (χ1v) is 4.60. The van der Waals surface area contributed by atoms with Gasteiger partial charge in [-0.05, 0) is 11.6 Å². The molecule has 0 spiro atoms. The first kappa shape index (κ1) is 7.62. The fourth-order valence-electron chi connectivity index (χ4n) is 1.91. The zero-order chi connectivity index (χ0) is 9.54. The number of aromatic amines is 1. The number of fused-ring (bicyclic) bond motifs is 2. The molecule has 3 rings (SSSR count). The summed E-state index contributed by atoms with van der Waals surface area (Å²) in [5.74, 6) is 0.941. The van der Waals surface area contributed by atoms with Gasteiger partial charge in [-0.15, -0.1) is 0 Å². The fourth-order valence-corrected chi connectivity index (χ4v) is 1.91. The summed E-state index contributed by atoms with van der Waals surface area (Å²) in [6.07, 6.45) is 3.54. The second-order valence-corrected chi connectivity index (χ2v) is 3.47. The molecule has 0 saturated heterocycles. The molecule has 1 aromatic heterocycles. The van der Waals surface area contributed by atoms with E-state index in [1.54, 1.807) is 6.20 Å². The van der Waals surface area contributed by atoms with Crippen LogP contribution in [0.15, 0.2) is 18.3 Å². The Hall–Kier alpha value is -1.77. The maximum atomic E-state index is 10.7. The van der Waals surface area contributed by atoms with E-state index >= 15 is 0 Å². The van der Waals surface area contributed by atoms with Crippen LogP contribution in [0, 0.1) is 0 Å². The smallest absolute Gasteiger partial charge is 0.152 e. The lowest BCUT2D eigenvalue weighted by atomic mass is 10.1. The molecule has 3 heteroatoms.